The average molecular weight is 695 g/mol. The number of amides is 1. The van der Waals surface area contributed by atoms with E-state index >= 15 is 0 Å². The third-order valence-corrected chi connectivity index (χ3v) is 12.0. The number of nitrogens with zero attached hydrogens (tertiary/aromatic N) is 2. The zero-order valence-electron chi connectivity index (χ0n) is 28.0. The Balaban J connectivity index is 0.969. The van der Waals surface area contributed by atoms with Crippen molar-refractivity contribution in [3.05, 3.63) is 88.7 Å². The fraction of sp³-hybridized carbons (Fsp3) is 0.513. The molecule has 4 aliphatic heterocycles. The fourth-order valence-electron chi connectivity index (χ4n) is 9.44. The van der Waals surface area contributed by atoms with Gasteiger partial charge < -0.3 is 25.2 Å². The fourth-order valence-corrected chi connectivity index (χ4v) is 9.44. The first-order valence-corrected chi connectivity index (χ1v) is 17.9. The Morgan fingerprint density at radius 3 is 2.54 bits per heavy atom. The molecule has 0 aromatic heterocycles. The zero-order valence-corrected chi connectivity index (χ0v) is 28.0. The van der Waals surface area contributed by atoms with Crippen LogP contribution in [0.25, 0.3) is 0 Å². The average Bonchev–Trinajstić information content (AvgIpc) is 3.58. The zero-order chi connectivity index (χ0) is 34.6. The van der Waals surface area contributed by atoms with Crippen molar-refractivity contribution < 1.29 is 31.5 Å². The van der Waals surface area contributed by atoms with E-state index in [9.17, 15) is 26.7 Å². The molecule has 6 nitrogen and oxygen atoms in total. The van der Waals surface area contributed by atoms with Crippen molar-refractivity contribution >= 4 is 23.0 Å². The number of rotatable bonds is 7. The van der Waals surface area contributed by atoms with E-state index in [1.807, 2.05) is 29.2 Å². The molecule has 0 unspecified atom stereocenters. The van der Waals surface area contributed by atoms with Crippen LogP contribution >= 0.6 is 0 Å². The SMILES string of the molecule is O=C(C[C@@H]1CC2(CCN(c3ccc4c(c3)N3CC(F)(F)C[C@H]3CN4)CC2)c2cc(F)ccc21)N[C@H](Cc1ccc(F)c(F)c1)C1CCOCC1. The molecule has 1 aliphatic carbocycles. The summed E-state index contributed by atoms with van der Waals surface area (Å²) in [6, 6.07) is 14.4. The normalized spacial score (nSPS) is 24.3. The summed E-state index contributed by atoms with van der Waals surface area (Å²) < 4.78 is 76.7. The van der Waals surface area contributed by atoms with Crippen LogP contribution in [0.2, 0.25) is 0 Å². The van der Waals surface area contributed by atoms with Crippen LogP contribution in [-0.2, 0) is 21.4 Å². The lowest BCUT2D eigenvalue weighted by atomic mass is 9.73. The van der Waals surface area contributed by atoms with Crippen molar-refractivity contribution in [1.29, 1.82) is 0 Å². The van der Waals surface area contributed by atoms with Gasteiger partial charge in [0.25, 0.3) is 5.92 Å². The molecule has 1 spiro atoms. The van der Waals surface area contributed by atoms with Crippen molar-refractivity contribution in [1.82, 2.24) is 5.32 Å². The molecule has 50 heavy (non-hydrogen) atoms. The summed E-state index contributed by atoms with van der Waals surface area (Å²) in [4.78, 5) is 17.9. The first-order chi connectivity index (χ1) is 24.1. The van der Waals surface area contributed by atoms with E-state index in [0.29, 0.717) is 31.7 Å². The molecule has 2 N–H and O–H groups in total. The molecule has 3 saturated heterocycles. The van der Waals surface area contributed by atoms with Crippen LogP contribution in [0.5, 0.6) is 0 Å². The molecule has 3 atom stereocenters. The summed E-state index contributed by atoms with van der Waals surface area (Å²) in [5, 5.41) is 6.58. The van der Waals surface area contributed by atoms with Gasteiger partial charge in [-0.3, -0.25) is 4.79 Å². The third kappa shape index (κ3) is 6.42. The molecule has 266 valence electrons. The van der Waals surface area contributed by atoms with E-state index in [1.165, 1.54) is 12.1 Å². The lowest BCUT2D eigenvalue weighted by Crippen LogP contribution is -2.44. The highest BCUT2D eigenvalue weighted by Crippen LogP contribution is 2.53. The van der Waals surface area contributed by atoms with Crippen molar-refractivity contribution in [2.24, 2.45) is 5.92 Å². The number of piperidine rings is 1. The summed E-state index contributed by atoms with van der Waals surface area (Å²) in [5.41, 5.74) is 5.03. The van der Waals surface area contributed by atoms with Crippen molar-refractivity contribution in [3.8, 4) is 0 Å². The van der Waals surface area contributed by atoms with Gasteiger partial charge in [0.05, 0.1) is 24.0 Å². The van der Waals surface area contributed by atoms with Crippen molar-refractivity contribution in [3.63, 3.8) is 0 Å². The van der Waals surface area contributed by atoms with Crippen LogP contribution in [-0.4, -0.2) is 63.3 Å². The first kappa shape index (κ1) is 33.3. The molecule has 0 bridgehead atoms. The van der Waals surface area contributed by atoms with E-state index in [-0.39, 0.29) is 60.4 Å². The highest BCUT2D eigenvalue weighted by Gasteiger charge is 2.48. The van der Waals surface area contributed by atoms with Crippen LogP contribution < -0.4 is 20.4 Å². The third-order valence-electron chi connectivity index (χ3n) is 12.0. The molecule has 5 aliphatic rings. The minimum Gasteiger partial charge on any atom is -0.381 e. The molecule has 1 amide bonds. The summed E-state index contributed by atoms with van der Waals surface area (Å²) in [6.07, 6.45) is 4.33. The molecule has 4 heterocycles. The molecule has 3 aromatic rings. The number of halogens is 5. The van der Waals surface area contributed by atoms with E-state index in [4.69, 9.17) is 4.74 Å². The van der Waals surface area contributed by atoms with Crippen LogP contribution in [0.15, 0.2) is 54.6 Å². The number of ether oxygens (including phenoxy) is 1. The molecule has 3 fully saturated rings. The monoisotopic (exact) mass is 694 g/mol. The van der Waals surface area contributed by atoms with Gasteiger partial charge in [-0.05, 0) is 115 Å². The van der Waals surface area contributed by atoms with Crippen molar-refractivity contribution in [2.75, 3.05) is 54.5 Å². The Bertz CT molecular complexity index is 1760. The van der Waals surface area contributed by atoms with E-state index in [0.717, 1.165) is 79.4 Å². The van der Waals surface area contributed by atoms with Crippen LogP contribution in [0.4, 0.5) is 39.0 Å². The van der Waals surface area contributed by atoms with Gasteiger partial charge in [0, 0.05) is 57.4 Å². The molecule has 3 aromatic carbocycles. The molecular formula is C39H43F5N4O2. The second kappa shape index (κ2) is 13.0. The van der Waals surface area contributed by atoms with Gasteiger partial charge in [0.2, 0.25) is 5.91 Å². The predicted molar refractivity (Wildman–Crippen MR) is 183 cm³/mol. The smallest absolute Gasteiger partial charge is 0.267 e. The Labute approximate surface area is 289 Å². The van der Waals surface area contributed by atoms with Gasteiger partial charge >= 0.3 is 0 Å². The molecule has 11 heteroatoms. The number of alkyl halides is 2. The van der Waals surface area contributed by atoms with Crippen molar-refractivity contribution in [2.45, 2.75) is 80.7 Å². The largest absolute Gasteiger partial charge is 0.381 e. The quantitative estimate of drug-likeness (QED) is 0.254. The predicted octanol–water partition coefficient (Wildman–Crippen LogP) is 7.31. The van der Waals surface area contributed by atoms with E-state index < -0.39 is 17.6 Å². The van der Waals surface area contributed by atoms with Crippen LogP contribution in [0.3, 0.4) is 0 Å². The van der Waals surface area contributed by atoms with Gasteiger partial charge in [-0.25, -0.2) is 22.0 Å². The van der Waals surface area contributed by atoms with Gasteiger partial charge in [-0.2, -0.15) is 0 Å². The van der Waals surface area contributed by atoms with E-state index in [2.05, 4.69) is 15.5 Å². The number of anilines is 3. The minimum absolute atomic E-state index is 0.0839. The lowest BCUT2D eigenvalue weighted by molar-refractivity contribution is -0.122. The molecule has 8 rings (SSSR count). The Kier molecular flexibility index (Phi) is 8.68. The maximum absolute atomic E-state index is 14.8. The Hall–Kier alpha value is -3.86. The second-order valence-corrected chi connectivity index (χ2v) is 15.1. The number of hydrogen-bond acceptors (Lipinski definition) is 5. The topological polar surface area (TPSA) is 56.8 Å². The number of hydrogen-bond donors (Lipinski definition) is 2. The summed E-state index contributed by atoms with van der Waals surface area (Å²) in [6.45, 7) is 2.87. The minimum atomic E-state index is -2.70. The number of nitrogens with one attached hydrogen (secondary N) is 2. The highest BCUT2D eigenvalue weighted by atomic mass is 19.3. The molecular weight excluding hydrogens is 651 g/mol. The highest BCUT2D eigenvalue weighted by molar-refractivity contribution is 5.79. The maximum atomic E-state index is 14.8. The standard InChI is InChI=1S/C39H43F5N4O2/c40-27-2-4-30-26(17-37(49)46-35(25-7-13-50-14-8-25)16-24-1-5-32(41)33(42)15-24)20-38(31(30)18-27)9-11-47(12-10-38)28-3-6-34-36(19-28)48-23-39(43,44)21-29(48)22-45-34/h1-6,15,18-19,25-26,29,35,45H,7-14,16-17,20-23H2,(H,46,49)/t26-,29+,35-/m1/s1. The lowest BCUT2D eigenvalue weighted by Gasteiger charge is -2.42. The van der Waals surface area contributed by atoms with E-state index in [1.54, 1.807) is 12.1 Å². The molecule has 0 saturated carbocycles. The summed E-state index contributed by atoms with van der Waals surface area (Å²) in [5.74, 6) is -4.84. The summed E-state index contributed by atoms with van der Waals surface area (Å²) >= 11 is 0. The van der Waals surface area contributed by atoms with Crippen LogP contribution in [0, 0.1) is 23.4 Å². The summed E-state index contributed by atoms with van der Waals surface area (Å²) in [7, 11) is 0. The maximum Gasteiger partial charge on any atom is 0.267 e. The number of carbonyl (C=O) groups excluding carboxylic acids is 1. The molecule has 0 radical (unpaired) electrons. The van der Waals surface area contributed by atoms with Gasteiger partial charge in [0.1, 0.15) is 5.82 Å². The second-order valence-electron chi connectivity index (χ2n) is 15.1. The van der Waals surface area contributed by atoms with Gasteiger partial charge in [-0.15, -0.1) is 0 Å². The Morgan fingerprint density at radius 2 is 1.76 bits per heavy atom. The van der Waals surface area contributed by atoms with Gasteiger partial charge in [0.15, 0.2) is 11.6 Å². The van der Waals surface area contributed by atoms with Crippen LogP contribution in [0.1, 0.15) is 67.6 Å². The van der Waals surface area contributed by atoms with Gasteiger partial charge in [-0.1, -0.05) is 12.1 Å². The number of carbonyl (C=O) groups is 1. The Morgan fingerprint density at radius 1 is 0.960 bits per heavy atom. The first-order valence-electron chi connectivity index (χ1n) is 17.9. The number of benzene rings is 3. The number of fused-ring (bicyclic) bond motifs is 5.